The van der Waals surface area contributed by atoms with Gasteiger partial charge in [0.15, 0.2) is 0 Å². The molecule has 0 saturated heterocycles. The third kappa shape index (κ3) is 2.76. The molecule has 0 aromatic heterocycles. The fraction of sp³-hybridized carbons (Fsp3) is 0.143. The van der Waals surface area contributed by atoms with Crippen LogP contribution in [0, 0.1) is 10.1 Å². The maximum atomic E-state index is 10.2. The van der Waals surface area contributed by atoms with Crippen LogP contribution in [0.5, 0.6) is 0 Å². The molecule has 1 aromatic carbocycles. The SMILES string of the molecule is O=[N+]([O-])c1ccc(C[PH3+])cc1.[Cl-]. The van der Waals surface area contributed by atoms with E-state index < -0.39 is 0 Å². The molecule has 0 spiro atoms. The normalized spacial score (nSPS) is 9.00. The molecular weight excluding hydrogens is 197 g/mol. The summed E-state index contributed by atoms with van der Waals surface area (Å²) in [5.41, 5.74) is 1.29. The van der Waals surface area contributed by atoms with Crippen molar-refractivity contribution in [2.45, 2.75) is 6.16 Å². The highest BCUT2D eigenvalue weighted by Gasteiger charge is 2.02. The molecule has 1 atom stereocenters. The minimum absolute atomic E-state index is 0. The largest absolute Gasteiger partial charge is 1.00 e. The van der Waals surface area contributed by atoms with E-state index >= 15 is 0 Å². The summed E-state index contributed by atoms with van der Waals surface area (Å²) in [6.45, 7) is 0. The standard InChI is InChI=1S/C7H8NO2P.ClH/c9-8(10)7-3-1-6(5-11)2-4-7;/h1-4H,5,11H2;1H. The second kappa shape index (κ2) is 5.07. The molecule has 0 bridgehead atoms. The van der Waals surface area contributed by atoms with Crippen LogP contribution in [0.25, 0.3) is 0 Å². The van der Waals surface area contributed by atoms with E-state index in [-0.39, 0.29) is 23.0 Å². The van der Waals surface area contributed by atoms with Crippen LogP contribution < -0.4 is 12.4 Å². The van der Waals surface area contributed by atoms with E-state index in [1.165, 1.54) is 12.1 Å². The summed E-state index contributed by atoms with van der Waals surface area (Å²) in [5, 5.41) is 10.2. The molecule has 1 aromatic rings. The van der Waals surface area contributed by atoms with E-state index in [4.69, 9.17) is 0 Å². The molecule has 0 saturated carbocycles. The zero-order valence-electron chi connectivity index (χ0n) is 6.37. The van der Waals surface area contributed by atoms with E-state index in [0.717, 1.165) is 11.7 Å². The topological polar surface area (TPSA) is 43.1 Å². The molecule has 66 valence electrons. The van der Waals surface area contributed by atoms with Crippen LogP contribution in [0.3, 0.4) is 0 Å². The Hall–Kier alpha value is -0.660. The Morgan fingerprint density at radius 2 is 1.83 bits per heavy atom. The van der Waals surface area contributed by atoms with Gasteiger partial charge in [-0.15, -0.1) is 0 Å². The number of nitrogens with zero attached hydrogens (tertiary/aromatic N) is 1. The lowest BCUT2D eigenvalue weighted by atomic mass is 10.2. The predicted octanol–water partition coefficient (Wildman–Crippen LogP) is -1.29. The van der Waals surface area contributed by atoms with Gasteiger partial charge in [-0.1, -0.05) is 0 Å². The molecular formula is C7H9ClNO2P. The van der Waals surface area contributed by atoms with Gasteiger partial charge in [0.1, 0.15) is 0 Å². The highest BCUT2D eigenvalue weighted by atomic mass is 35.5. The van der Waals surface area contributed by atoms with E-state index in [9.17, 15) is 10.1 Å². The first kappa shape index (κ1) is 11.3. The Bertz CT molecular complexity index is 263. The van der Waals surface area contributed by atoms with Gasteiger partial charge in [0.05, 0.1) is 11.1 Å². The second-order valence-electron chi connectivity index (χ2n) is 2.17. The third-order valence-corrected chi connectivity index (χ3v) is 2.01. The number of nitro groups is 1. The van der Waals surface area contributed by atoms with E-state index in [2.05, 4.69) is 0 Å². The molecule has 0 aliphatic heterocycles. The van der Waals surface area contributed by atoms with Gasteiger partial charge in [0, 0.05) is 12.1 Å². The molecule has 0 radical (unpaired) electrons. The molecule has 3 nitrogen and oxygen atoms in total. The zero-order valence-corrected chi connectivity index (χ0v) is 8.54. The van der Waals surface area contributed by atoms with Crippen molar-refractivity contribution in [3.63, 3.8) is 0 Å². The van der Waals surface area contributed by atoms with Crippen LogP contribution >= 0.6 is 9.24 Å². The van der Waals surface area contributed by atoms with Crippen LogP contribution in [-0.2, 0) is 6.16 Å². The van der Waals surface area contributed by atoms with Gasteiger partial charge < -0.3 is 12.4 Å². The van der Waals surface area contributed by atoms with Crippen molar-refractivity contribution in [1.82, 2.24) is 0 Å². The number of hydrogen-bond acceptors (Lipinski definition) is 2. The van der Waals surface area contributed by atoms with Gasteiger partial charge in [-0.05, 0) is 26.9 Å². The molecule has 0 amide bonds. The third-order valence-electron chi connectivity index (χ3n) is 1.44. The van der Waals surface area contributed by atoms with Crippen LogP contribution in [0.15, 0.2) is 24.3 Å². The Kier molecular flexibility index (Phi) is 4.79. The first-order valence-corrected chi connectivity index (χ1v) is 4.26. The average molecular weight is 206 g/mol. The van der Waals surface area contributed by atoms with Crippen molar-refractivity contribution in [1.29, 1.82) is 0 Å². The summed E-state index contributed by atoms with van der Waals surface area (Å²) in [4.78, 5) is 9.82. The Balaban J connectivity index is 0.00000121. The predicted molar refractivity (Wildman–Crippen MR) is 47.9 cm³/mol. The van der Waals surface area contributed by atoms with Crippen molar-refractivity contribution < 1.29 is 17.3 Å². The van der Waals surface area contributed by atoms with Crippen LogP contribution in [0.2, 0.25) is 0 Å². The number of nitro benzene ring substituents is 1. The molecule has 12 heavy (non-hydrogen) atoms. The first-order chi connectivity index (χ1) is 5.24. The summed E-state index contributed by atoms with van der Waals surface area (Å²) >= 11 is 0. The number of hydrogen-bond donors (Lipinski definition) is 0. The van der Waals surface area contributed by atoms with Gasteiger partial charge in [0.25, 0.3) is 5.69 Å². The second-order valence-corrected chi connectivity index (χ2v) is 2.67. The smallest absolute Gasteiger partial charge is 0.269 e. The fourth-order valence-electron chi connectivity index (χ4n) is 0.784. The summed E-state index contributed by atoms with van der Waals surface area (Å²) in [6, 6.07) is 6.63. The maximum absolute atomic E-state index is 10.2. The van der Waals surface area contributed by atoms with Crippen LogP contribution in [0.1, 0.15) is 5.56 Å². The molecule has 1 rings (SSSR count). The molecule has 5 heteroatoms. The lowest BCUT2D eigenvalue weighted by molar-refractivity contribution is -0.384. The molecule has 0 aliphatic rings. The quantitative estimate of drug-likeness (QED) is 0.343. The zero-order chi connectivity index (χ0) is 8.27. The van der Waals surface area contributed by atoms with Gasteiger partial charge in [-0.3, -0.25) is 10.1 Å². The fourth-order valence-corrected chi connectivity index (χ4v) is 1.12. The van der Waals surface area contributed by atoms with Crippen molar-refractivity contribution in [2.75, 3.05) is 0 Å². The number of halogens is 1. The monoisotopic (exact) mass is 205 g/mol. The average Bonchev–Trinajstić information content (AvgIpc) is 2.05. The summed E-state index contributed by atoms with van der Waals surface area (Å²) in [6.07, 6.45) is 0.942. The van der Waals surface area contributed by atoms with Gasteiger partial charge in [0.2, 0.25) is 0 Å². The number of benzene rings is 1. The van der Waals surface area contributed by atoms with E-state index in [0.29, 0.717) is 0 Å². The number of non-ortho nitro benzene ring substituents is 1. The lowest BCUT2D eigenvalue weighted by Crippen LogP contribution is -3.00. The van der Waals surface area contributed by atoms with Crippen molar-refractivity contribution in [3.8, 4) is 0 Å². The summed E-state index contributed by atoms with van der Waals surface area (Å²) < 4.78 is 0. The summed E-state index contributed by atoms with van der Waals surface area (Å²) in [7, 11) is 1.83. The van der Waals surface area contributed by atoms with Gasteiger partial charge >= 0.3 is 0 Å². The highest BCUT2D eigenvalue weighted by molar-refractivity contribution is 7.15. The Labute approximate surface area is 78.9 Å². The Morgan fingerprint density at radius 1 is 1.33 bits per heavy atom. The molecule has 0 fully saturated rings. The highest BCUT2D eigenvalue weighted by Crippen LogP contribution is 2.13. The van der Waals surface area contributed by atoms with Crippen LogP contribution in [0.4, 0.5) is 5.69 Å². The molecule has 0 N–H and O–H groups in total. The molecule has 0 aliphatic carbocycles. The first-order valence-electron chi connectivity index (χ1n) is 3.26. The minimum atomic E-state index is -0.387. The maximum Gasteiger partial charge on any atom is 0.269 e. The van der Waals surface area contributed by atoms with Crippen LogP contribution in [-0.4, -0.2) is 4.92 Å². The van der Waals surface area contributed by atoms with Gasteiger partial charge in [-0.25, -0.2) is 0 Å². The van der Waals surface area contributed by atoms with Crippen molar-refractivity contribution in [2.24, 2.45) is 0 Å². The van der Waals surface area contributed by atoms with Crippen molar-refractivity contribution >= 4 is 14.9 Å². The molecule has 1 unspecified atom stereocenters. The van der Waals surface area contributed by atoms with Gasteiger partial charge in [-0.2, -0.15) is 0 Å². The Morgan fingerprint density at radius 3 is 2.17 bits per heavy atom. The van der Waals surface area contributed by atoms with E-state index in [1.807, 2.05) is 9.24 Å². The number of rotatable bonds is 2. The van der Waals surface area contributed by atoms with Crippen molar-refractivity contribution in [3.05, 3.63) is 39.9 Å². The summed E-state index contributed by atoms with van der Waals surface area (Å²) in [5.74, 6) is 0. The molecule has 0 heterocycles. The lowest BCUT2D eigenvalue weighted by Gasteiger charge is -1.91. The minimum Gasteiger partial charge on any atom is -1.00 e. The van der Waals surface area contributed by atoms with E-state index in [1.54, 1.807) is 12.1 Å².